The average molecular weight is 539 g/mol. The fourth-order valence-corrected chi connectivity index (χ4v) is 6.32. The third kappa shape index (κ3) is 6.70. The molecule has 0 saturated heterocycles. The topological polar surface area (TPSA) is 121 Å². The Morgan fingerprint density at radius 1 is 0.973 bits per heavy atom. The van der Waals surface area contributed by atoms with Gasteiger partial charge in [-0.05, 0) is 69.4 Å². The van der Waals surface area contributed by atoms with Gasteiger partial charge in [0.05, 0.1) is 27.3 Å². The number of thiazole rings is 1. The first kappa shape index (κ1) is 28.2. The van der Waals surface area contributed by atoms with Crippen molar-refractivity contribution in [3.8, 4) is 12.1 Å². The van der Waals surface area contributed by atoms with E-state index in [4.69, 9.17) is 15.5 Å². The average Bonchev–Trinajstić information content (AvgIpc) is 3.28. The van der Waals surface area contributed by atoms with E-state index in [0.29, 0.717) is 23.8 Å². The van der Waals surface area contributed by atoms with Crippen LogP contribution in [-0.4, -0.2) is 68.8 Å². The smallest absolute Gasteiger partial charge is 0.260 e. The van der Waals surface area contributed by atoms with E-state index in [1.165, 1.54) is 35.6 Å². The van der Waals surface area contributed by atoms with Crippen molar-refractivity contribution in [2.75, 3.05) is 45.2 Å². The zero-order chi connectivity index (χ0) is 27.2. The van der Waals surface area contributed by atoms with Crippen LogP contribution in [0, 0.1) is 36.5 Å². The van der Waals surface area contributed by atoms with Crippen LogP contribution in [0.25, 0.3) is 10.2 Å². The van der Waals surface area contributed by atoms with Gasteiger partial charge in [0.1, 0.15) is 0 Å². The molecule has 0 aliphatic rings. The molecule has 1 heterocycles. The van der Waals surface area contributed by atoms with Crippen LogP contribution in [0.2, 0.25) is 0 Å². The number of hydrogen-bond acceptors (Lipinski definition) is 8. The standard InChI is InChI=1S/C26H30N6O3S2/c1-19-17-20(2)24-23(18-19)29-26(36-24)32(16-15-30(3)4)25(33)21-7-9-22(10-8-21)37(34,35)31(13-5-11-27)14-6-12-28/h7-10,17-18H,5-6,13-16H2,1-4H3. The molecule has 0 unspecified atom stereocenters. The van der Waals surface area contributed by atoms with Gasteiger partial charge in [0.25, 0.3) is 5.91 Å². The highest BCUT2D eigenvalue weighted by atomic mass is 32.2. The van der Waals surface area contributed by atoms with E-state index in [1.54, 1.807) is 4.90 Å². The highest BCUT2D eigenvalue weighted by Crippen LogP contribution is 2.33. The first-order chi connectivity index (χ1) is 17.6. The molecule has 0 atom stereocenters. The summed E-state index contributed by atoms with van der Waals surface area (Å²) in [4.78, 5) is 22.0. The highest BCUT2D eigenvalue weighted by molar-refractivity contribution is 7.89. The second kappa shape index (κ2) is 12.3. The van der Waals surface area contributed by atoms with Gasteiger partial charge in [-0.3, -0.25) is 9.69 Å². The monoisotopic (exact) mass is 538 g/mol. The fraction of sp³-hybridized carbons (Fsp3) is 0.385. The molecule has 0 saturated carbocycles. The predicted octanol–water partition coefficient (Wildman–Crippen LogP) is 3.94. The van der Waals surface area contributed by atoms with Gasteiger partial charge >= 0.3 is 0 Å². The number of nitriles is 2. The van der Waals surface area contributed by atoms with Crippen molar-refractivity contribution < 1.29 is 13.2 Å². The molecule has 0 fully saturated rings. The minimum atomic E-state index is -3.92. The summed E-state index contributed by atoms with van der Waals surface area (Å²) in [6.45, 7) is 5.07. The zero-order valence-electron chi connectivity index (χ0n) is 21.4. The number of fused-ring (bicyclic) bond motifs is 1. The molecule has 1 aromatic heterocycles. The van der Waals surface area contributed by atoms with Gasteiger partial charge in [0.15, 0.2) is 5.13 Å². The zero-order valence-corrected chi connectivity index (χ0v) is 23.1. The third-order valence-electron chi connectivity index (χ3n) is 5.74. The molecule has 0 radical (unpaired) electrons. The maximum absolute atomic E-state index is 13.6. The van der Waals surface area contributed by atoms with E-state index >= 15 is 0 Å². The summed E-state index contributed by atoms with van der Waals surface area (Å²) in [6.07, 6.45) is 0.0342. The Kier molecular flexibility index (Phi) is 9.35. The van der Waals surface area contributed by atoms with Crippen LogP contribution < -0.4 is 4.90 Å². The van der Waals surface area contributed by atoms with Crippen LogP contribution in [0.4, 0.5) is 5.13 Å². The highest BCUT2D eigenvalue weighted by Gasteiger charge is 2.26. The molecular weight excluding hydrogens is 508 g/mol. The van der Waals surface area contributed by atoms with Gasteiger partial charge in [-0.2, -0.15) is 14.8 Å². The molecule has 1 amide bonds. The normalized spacial score (nSPS) is 11.6. The molecule has 3 aromatic rings. The number of likely N-dealkylation sites (N-methyl/N-ethyl adjacent to an activating group) is 1. The Morgan fingerprint density at radius 2 is 1.59 bits per heavy atom. The van der Waals surface area contributed by atoms with Crippen molar-refractivity contribution in [1.29, 1.82) is 10.5 Å². The largest absolute Gasteiger partial charge is 0.308 e. The number of aromatic nitrogens is 1. The first-order valence-corrected chi connectivity index (χ1v) is 14.0. The Balaban J connectivity index is 1.93. The first-order valence-electron chi connectivity index (χ1n) is 11.8. The number of anilines is 1. The van der Waals surface area contributed by atoms with Crippen LogP contribution in [0.3, 0.4) is 0 Å². The summed E-state index contributed by atoms with van der Waals surface area (Å²) in [7, 11) is -0.0606. The van der Waals surface area contributed by atoms with Crippen LogP contribution in [0.1, 0.15) is 34.3 Å². The Morgan fingerprint density at radius 3 is 2.16 bits per heavy atom. The maximum atomic E-state index is 13.6. The van der Waals surface area contributed by atoms with E-state index in [9.17, 15) is 13.2 Å². The van der Waals surface area contributed by atoms with Crippen molar-refractivity contribution in [3.63, 3.8) is 0 Å². The third-order valence-corrected chi connectivity index (χ3v) is 8.88. The second-order valence-electron chi connectivity index (χ2n) is 8.93. The Hall–Kier alpha value is -3.35. The van der Waals surface area contributed by atoms with Crippen LogP contribution >= 0.6 is 11.3 Å². The van der Waals surface area contributed by atoms with Crippen molar-refractivity contribution in [2.24, 2.45) is 0 Å². The fourth-order valence-electron chi connectivity index (χ4n) is 3.84. The molecule has 11 heteroatoms. The number of hydrogen-bond donors (Lipinski definition) is 0. The number of nitrogens with zero attached hydrogens (tertiary/aromatic N) is 6. The minimum Gasteiger partial charge on any atom is -0.308 e. The lowest BCUT2D eigenvalue weighted by Gasteiger charge is -2.22. The van der Waals surface area contributed by atoms with E-state index in [1.807, 2.05) is 51.0 Å². The Bertz CT molecular complexity index is 1430. The van der Waals surface area contributed by atoms with E-state index in [0.717, 1.165) is 25.6 Å². The summed E-state index contributed by atoms with van der Waals surface area (Å²) in [5.41, 5.74) is 3.39. The maximum Gasteiger partial charge on any atom is 0.260 e. The van der Waals surface area contributed by atoms with Gasteiger partial charge in [-0.1, -0.05) is 17.4 Å². The van der Waals surface area contributed by atoms with Crippen molar-refractivity contribution in [2.45, 2.75) is 31.6 Å². The SMILES string of the molecule is Cc1cc(C)c2sc(N(CCN(C)C)C(=O)c3ccc(S(=O)(=O)N(CCC#N)CCC#N)cc3)nc2c1. The molecule has 3 rings (SSSR count). The molecule has 2 aromatic carbocycles. The summed E-state index contributed by atoms with van der Waals surface area (Å²) < 4.78 is 28.4. The Labute approximate surface area is 222 Å². The van der Waals surface area contributed by atoms with Crippen molar-refractivity contribution >= 4 is 42.6 Å². The molecule has 0 N–H and O–H groups in total. The molecule has 194 valence electrons. The van der Waals surface area contributed by atoms with Crippen LogP contribution in [0.5, 0.6) is 0 Å². The van der Waals surface area contributed by atoms with Gasteiger partial charge < -0.3 is 4.90 Å². The lowest BCUT2D eigenvalue weighted by molar-refractivity contribution is 0.0985. The molecule has 37 heavy (non-hydrogen) atoms. The summed E-state index contributed by atoms with van der Waals surface area (Å²) >= 11 is 1.46. The van der Waals surface area contributed by atoms with E-state index in [-0.39, 0.29) is 36.7 Å². The molecule has 0 aliphatic heterocycles. The van der Waals surface area contributed by atoms with E-state index in [2.05, 4.69) is 6.07 Å². The predicted molar refractivity (Wildman–Crippen MR) is 145 cm³/mol. The van der Waals surface area contributed by atoms with Gasteiger partial charge in [0.2, 0.25) is 10.0 Å². The number of carbonyl (C=O) groups is 1. The lowest BCUT2D eigenvalue weighted by atomic mass is 10.1. The quantitative estimate of drug-likeness (QED) is 0.362. The second-order valence-corrected chi connectivity index (χ2v) is 11.8. The number of benzene rings is 2. The van der Waals surface area contributed by atoms with Crippen LogP contribution in [-0.2, 0) is 10.0 Å². The molecule has 0 aliphatic carbocycles. The number of carbonyl (C=O) groups excluding carboxylic acids is 1. The minimum absolute atomic E-state index is 0.00396. The molecule has 0 bridgehead atoms. The van der Waals surface area contributed by atoms with Crippen molar-refractivity contribution in [1.82, 2.24) is 14.2 Å². The van der Waals surface area contributed by atoms with Crippen molar-refractivity contribution in [3.05, 3.63) is 53.1 Å². The summed E-state index contributed by atoms with van der Waals surface area (Å²) in [5.74, 6) is -0.273. The number of sulfonamides is 1. The van der Waals surface area contributed by atoms with Gasteiger partial charge in [-0.15, -0.1) is 0 Å². The van der Waals surface area contributed by atoms with Gasteiger partial charge in [0, 0.05) is 44.6 Å². The summed E-state index contributed by atoms with van der Waals surface area (Å²) in [5, 5.41) is 18.4. The number of rotatable bonds is 11. The molecular formula is C26H30N6O3S2. The van der Waals surface area contributed by atoms with Gasteiger partial charge in [-0.25, -0.2) is 13.4 Å². The molecule has 0 spiro atoms. The number of amides is 1. The lowest BCUT2D eigenvalue weighted by Crippen LogP contribution is -2.36. The molecule has 9 nitrogen and oxygen atoms in total. The van der Waals surface area contributed by atoms with E-state index < -0.39 is 10.0 Å². The number of aryl methyl sites for hydroxylation is 2. The summed E-state index contributed by atoms with van der Waals surface area (Å²) in [6, 6.07) is 13.7. The van der Waals surface area contributed by atoms with Crippen LogP contribution in [0.15, 0.2) is 41.3 Å².